The number of hydrogen-bond donors (Lipinski definition) is 0. The van der Waals surface area contributed by atoms with Crippen molar-refractivity contribution in [2.75, 3.05) is 0 Å². The van der Waals surface area contributed by atoms with Gasteiger partial charge >= 0.3 is 0 Å². The lowest BCUT2D eigenvalue weighted by Crippen LogP contribution is -2.24. The second-order valence-corrected chi connectivity index (χ2v) is 4.85. The SMILES string of the molecule is CC1CCC(C=O)C(C)S1. The van der Waals surface area contributed by atoms with Crippen molar-refractivity contribution in [3.05, 3.63) is 0 Å². The van der Waals surface area contributed by atoms with E-state index in [4.69, 9.17) is 0 Å². The van der Waals surface area contributed by atoms with Crippen molar-refractivity contribution in [1.82, 2.24) is 0 Å². The first-order valence-corrected chi connectivity index (χ1v) is 4.79. The molecule has 0 aromatic carbocycles. The van der Waals surface area contributed by atoms with Gasteiger partial charge in [0.2, 0.25) is 0 Å². The third-order valence-electron chi connectivity index (χ3n) is 2.13. The Morgan fingerprint density at radius 1 is 1.40 bits per heavy atom. The zero-order valence-electron chi connectivity index (χ0n) is 6.54. The fourth-order valence-corrected chi connectivity index (χ4v) is 2.78. The summed E-state index contributed by atoms with van der Waals surface area (Å²) in [5, 5.41) is 1.30. The van der Waals surface area contributed by atoms with Crippen LogP contribution in [0.2, 0.25) is 0 Å². The summed E-state index contributed by atoms with van der Waals surface area (Å²) < 4.78 is 0. The van der Waals surface area contributed by atoms with E-state index in [1.165, 1.54) is 6.42 Å². The van der Waals surface area contributed by atoms with E-state index in [-0.39, 0.29) is 0 Å². The molecule has 1 aliphatic heterocycles. The predicted octanol–water partition coefficient (Wildman–Crippen LogP) is 2.11. The predicted molar refractivity (Wildman–Crippen MR) is 45.3 cm³/mol. The van der Waals surface area contributed by atoms with Crippen LogP contribution >= 0.6 is 11.8 Å². The fourth-order valence-electron chi connectivity index (χ4n) is 1.38. The molecule has 0 aromatic rings. The average Bonchev–Trinajstić information content (AvgIpc) is 1.88. The first-order chi connectivity index (χ1) is 4.74. The summed E-state index contributed by atoms with van der Waals surface area (Å²) in [6, 6.07) is 0. The summed E-state index contributed by atoms with van der Waals surface area (Å²) in [5.74, 6) is 0.321. The van der Waals surface area contributed by atoms with Gasteiger partial charge < -0.3 is 4.79 Å². The summed E-state index contributed by atoms with van der Waals surface area (Å²) >= 11 is 1.94. The molecule has 1 fully saturated rings. The van der Waals surface area contributed by atoms with Gasteiger partial charge in [0.15, 0.2) is 0 Å². The summed E-state index contributed by atoms with van der Waals surface area (Å²) in [7, 11) is 0. The Labute approximate surface area is 66.6 Å². The van der Waals surface area contributed by atoms with E-state index in [0.29, 0.717) is 11.2 Å². The van der Waals surface area contributed by atoms with Crippen molar-refractivity contribution in [2.45, 2.75) is 37.2 Å². The lowest BCUT2D eigenvalue weighted by atomic mass is 10.00. The number of carbonyl (C=O) groups excluding carboxylic acids is 1. The van der Waals surface area contributed by atoms with Gasteiger partial charge in [-0.1, -0.05) is 13.8 Å². The molecule has 0 bridgehead atoms. The van der Waals surface area contributed by atoms with Crippen LogP contribution in [0, 0.1) is 5.92 Å². The zero-order valence-corrected chi connectivity index (χ0v) is 7.36. The second kappa shape index (κ2) is 3.42. The average molecular weight is 158 g/mol. The van der Waals surface area contributed by atoms with Gasteiger partial charge in [0.25, 0.3) is 0 Å². The highest BCUT2D eigenvalue weighted by Crippen LogP contribution is 2.34. The normalized spacial score (nSPS) is 41.2. The van der Waals surface area contributed by atoms with Crippen LogP contribution in [-0.4, -0.2) is 16.8 Å². The van der Waals surface area contributed by atoms with Crippen LogP contribution in [0.15, 0.2) is 0 Å². The van der Waals surface area contributed by atoms with E-state index in [0.717, 1.165) is 18.0 Å². The minimum absolute atomic E-state index is 0.321. The lowest BCUT2D eigenvalue weighted by Gasteiger charge is -2.28. The lowest BCUT2D eigenvalue weighted by molar-refractivity contribution is -0.111. The van der Waals surface area contributed by atoms with Crippen molar-refractivity contribution in [2.24, 2.45) is 5.92 Å². The van der Waals surface area contributed by atoms with Gasteiger partial charge in [0.1, 0.15) is 6.29 Å². The molecule has 3 atom stereocenters. The van der Waals surface area contributed by atoms with Gasteiger partial charge in [-0.3, -0.25) is 0 Å². The van der Waals surface area contributed by atoms with Crippen LogP contribution in [0.5, 0.6) is 0 Å². The van der Waals surface area contributed by atoms with Gasteiger partial charge in [-0.2, -0.15) is 11.8 Å². The number of hydrogen-bond acceptors (Lipinski definition) is 2. The number of thioether (sulfide) groups is 1. The molecule has 2 heteroatoms. The van der Waals surface area contributed by atoms with E-state index in [1.807, 2.05) is 11.8 Å². The van der Waals surface area contributed by atoms with Crippen LogP contribution in [0.1, 0.15) is 26.7 Å². The third-order valence-corrected chi connectivity index (χ3v) is 3.61. The maximum Gasteiger partial charge on any atom is 0.124 e. The highest BCUT2D eigenvalue weighted by molar-refractivity contribution is 8.00. The highest BCUT2D eigenvalue weighted by atomic mass is 32.2. The molecule has 58 valence electrons. The monoisotopic (exact) mass is 158 g/mol. The standard InChI is InChI=1S/C8H14OS/c1-6-3-4-8(5-9)7(2)10-6/h5-8H,3-4H2,1-2H3. The quantitative estimate of drug-likeness (QED) is 0.544. The molecule has 1 saturated heterocycles. The molecule has 0 aliphatic carbocycles. The highest BCUT2D eigenvalue weighted by Gasteiger charge is 2.24. The van der Waals surface area contributed by atoms with E-state index in [9.17, 15) is 4.79 Å². The van der Waals surface area contributed by atoms with Crippen molar-refractivity contribution in [3.63, 3.8) is 0 Å². The zero-order chi connectivity index (χ0) is 7.56. The van der Waals surface area contributed by atoms with Gasteiger partial charge in [-0.25, -0.2) is 0 Å². The van der Waals surface area contributed by atoms with E-state index < -0.39 is 0 Å². The molecule has 0 radical (unpaired) electrons. The van der Waals surface area contributed by atoms with Gasteiger partial charge in [0.05, 0.1) is 0 Å². The summed E-state index contributed by atoms with van der Waals surface area (Å²) in [6.45, 7) is 4.39. The van der Waals surface area contributed by atoms with Gasteiger partial charge in [-0.05, 0) is 12.8 Å². The van der Waals surface area contributed by atoms with Gasteiger partial charge in [0, 0.05) is 16.4 Å². The minimum atomic E-state index is 0.321. The van der Waals surface area contributed by atoms with Crippen molar-refractivity contribution >= 4 is 18.0 Å². The van der Waals surface area contributed by atoms with Crippen LogP contribution in [0.4, 0.5) is 0 Å². The molecule has 0 aromatic heterocycles. The fraction of sp³-hybridized carbons (Fsp3) is 0.875. The molecule has 0 spiro atoms. The maximum absolute atomic E-state index is 10.5. The molecule has 1 nitrogen and oxygen atoms in total. The van der Waals surface area contributed by atoms with E-state index >= 15 is 0 Å². The van der Waals surface area contributed by atoms with Crippen molar-refractivity contribution in [3.8, 4) is 0 Å². The molecule has 3 unspecified atom stereocenters. The first-order valence-electron chi connectivity index (χ1n) is 3.84. The first kappa shape index (κ1) is 8.12. The molecule has 1 heterocycles. The summed E-state index contributed by atoms with van der Waals surface area (Å²) in [6.07, 6.45) is 3.42. The molecular formula is C8H14OS. The Morgan fingerprint density at radius 3 is 2.60 bits per heavy atom. The Hall–Kier alpha value is 0.0200. The van der Waals surface area contributed by atoms with Crippen LogP contribution < -0.4 is 0 Å². The number of aldehydes is 1. The van der Waals surface area contributed by atoms with Crippen LogP contribution in [-0.2, 0) is 4.79 Å². The van der Waals surface area contributed by atoms with Crippen LogP contribution in [0.25, 0.3) is 0 Å². The molecule has 0 N–H and O–H groups in total. The molecule has 0 amide bonds. The maximum atomic E-state index is 10.5. The molecule has 1 aliphatic rings. The van der Waals surface area contributed by atoms with Crippen LogP contribution in [0.3, 0.4) is 0 Å². The second-order valence-electron chi connectivity index (χ2n) is 3.03. The Kier molecular flexibility index (Phi) is 2.78. The topological polar surface area (TPSA) is 17.1 Å². The Morgan fingerprint density at radius 2 is 2.10 bits per heavy atom. The number of carbonyl (C=O) groups is 1. The minimum Gasteiger partial charge on any atom is -0.303 e. The Bertz CT molecular complexity index is 124. The largest absolute Gasteiger partial charge is 0.303 e. The molecule has 1 rings (SSSR count). The van der Waals surface area contributed by atoms with Crippen molar-refractivity contribution < 1.29 is 4.79 Å². The van der Waals surface area contributed by atoms with Gasteiger partial charge in [-0.15, -0.1) is 0 Å². The molecule has 10 heavy (non-hydrogen) atoms. The smallest absolute Gasteiger partial charge is 0.124 e. The number of rotatable bonds is 1. The summed E-state index contributed by atoms with van der Waals surface area (Å²) in [4.78, 5) is 10.5. The van der Waals surface area contributed by atoms with Crippen molar-refractivity contribution in [1.29, 1.82) is 0 Å². The Balaban J connectivity index is 2.43. The van der Waals surface area contributed by atoms with E-state index in [1.54, 1.807) is 0 Å². The summed E-state index contributed by atoms with van der Waals surface area (Å²) in [5.41, 5.74) is 0. The van der Waals surface area contributed by atoms with E-state index in [2.05, 4.69) is 13.8 Å². The molecular weight excluding hydrogens is 144 g/mol. The third kappa shape index (κ3) is 1.75. The molecule has 0 saturated carbocycles.